The topological polar surface area (TPSA) is 95.5 Å². The summed E-state index contributed by atoms with van der Waals surface area (Å²) in [7, 11) is -4.02. The Balaban J connectivity index is 1.37. The largest absolute Gasteiger partial charge is 0.416 e. The lowest BCUT2D eigenvalue weighted by Crippen LogP contribution is -2.45. The van der Waals surface area contributed by atoms with E-state index < -0.39 is 39.5 Å². The lowest BCUT2D eigenvalue weighted by atomic mass is 10.1. The molecule has 13 heteroatoms. The normalized spacial score (nSPS) is 20.0. The van der Waals surface area contributed by atoms with Crippen LogP contribution in [0.1, 0.15) is 43.9 Å². The molecule has 0 aliphatic carbocycles. The molecule has 0 saturated carbocycles. The highest BCUT2D eigenvalue weighted by Gasteiger charge is 2.39. The van der Waals surface area contributed by atoms with Gasteiger partial charge in [-0.2, -0.15) is 17.5 Å². The minimum atomic E-state index is -4.46. The highest BCUT2D eigenvalue weighted by atomic mass is 32.2. The molecular formula is C28H29F4N5O3S. The van der Waals surface area contributed by atoms with E-state index in [-0.39, 0.29) is 24.0 Å². The first-order chi connectivity index (χ1) is 19.4. The summed E-state index contributed by atoms with van der Waals surface area (Å²) in [5.74, 6) is -0.653. The molecule has 0 radical (unpaired) electrons. The number of hydrogen-bond acceptors (Lipinski definition) is 6. The van der Waals surface area contributed by atoms with Crippen LogP contribution in [0.15, 0.2) is 59.5 Å². The standard InChI is InChI=1S/C28H29F4N5O3S/c1-18-4-2-14-36(18)27-34-22(16-24(35-27)19-6-8-20(9-7-19)28(30,31)32)17-33-26(38)25-5-3-15-37(25)41(39,40)23-12-10-21(29)11-13-23/h6-13,16,18,25H,2-5,14-15,17H2,1H3,(H,33,38)/t18-,25+/m1/s1. The first-order valence-corrected chi connectivity index (χ1v) is 14.7. The van der Waals surface area contributed by atoms with Crippen molar-refractivity contribution in [3.63, 3.8) is 0 Å². The zero-order valence-electron chi connectivity index (χ0n) is 22.2. The smallest absolute Gasteiger partial charge is 0.349 e. The summed E-state index contributed by atoms with van der Waals surface area (Å²) < 4.78 is 80.1. The van der Waals surface area contributed by atoms with Crippen LogP contribution in [0.3, 0.4) is 0 Å². The predicted molar refractivity (Wildman–Crippen MR) is 144 cm³/mol. The SMILES string of the molecule is C[C@@H]1CCCN1c1nc(CNC(=O)[C@@H]2CCCN2S(=O)(=O)c2ccc(F)cc2)cc(-c2ccc(C(F)(F)F)cc2)n1. The molecule has 1 aromatic heterocycles. The Hall–Kier alpha value is -3.58. The van der Waals surface area contributed by atoms with Crippen molar-refractivity contribution in [2.45, 2.75) is 62.3 Å². The Labute approximate surface area is 235 Å². The second-order valence-corrected chi connectivity index (χ2v) is 12.1. The number of nitrogens with one attached hydrogen (secondary N) is 1. The average molecular weight is 592 g/mol. The molecule has 2 saturated heterocycles. The summed E-state index contributed by atoms with van der Waals surface area (Å²) in [5, 5.41) is 2.78. The van der Waals surface area contributed by atoms with Crippen molar-refractivity contribution in [2.24, 2.45) is 0 Å². The predicted octanol–water partition coefficient (Wildman–Crippen LogP) is 4.76. The molecule has 2 aromatic carbocycles. The van der Waals surface area contributed by atoms with Crippen LogP contribution in [-0.2, 0) is 27.5 Å². The fourth-order valence-corrected chi connectivity index (χ4v) is 6.89. The third-order valence-corrected chi connectivity index (χ3v) is 9.38. The number of anilines is 1. The van der Waals surface area contributed by atoms with Crippen molar-refractivity contribution in [3.05, 3.63) is 71.7 Å². The number of benzene rings is 2. The number of carbonyl (C=O) groups is 1. The Kier molecular flexibility index (Phi) is 8.02. The fraction of sp³-hybridized carbons (Fsp3) is 0.393. The molecule has 3 aromatic rings. The van der Waals surface area contributed by atoms with E-state index in [2.05, 4.69) is 15.3 Å². The van der Waals surface area contributed by atoms with Crippen molar-refractivity contribution in [1.29, 1.82) is 0 Å². The van der Waals surface area contributed by atoms with Gasteiger partial charge in [-0.3, -0.25) is 4.79 Å². The van der Waals surface area contributed by atoms with Crippen molar-refractivity contribution >= 4 is 21.9 Å². The van der Waals surface area contributed by atoms with Crippen LogP contribution in [0.4, 0.5) is 23.5 Å². The number of alkyl halides is 3. The fourth-order valence-electron chi connectivity index (χ4n) is 5.24. The van der Waals surface area contributed by atoms with Crippen LogP contribution >= 0.6 is 0 Å². The van der Waals surface area contributed by atoms with Gasteiger partial charge < -0.3 is 10.2 Å². The van der Waals surface area contributed by atoms with Crippen molar-refractivity contribution in [1.82, 2.24) is 19.6 Å². The van der Waals surface area contributed by atoms with E-state index >= 15 is 0 Å². The molecule has 2 aliphatic rings. The molecule has 2 atom stereocenters. The average Bonchev–Trinajstić information content (AvgIpc) is 3.61. The van der Waals surface area contributed by atoms with Crippen LogP contribution in [0.25, 0.3) is 11.3 Å². The van der Waals surface area contributed by atoms with E-state index in [1.165, 1.54) is 24.3 Å². The lowest BCUT2D eigenvalue weighted by Gasteiger charge is -2.24. The molecule has 8 nitrogen and oxygen atoms in total. The third-order valence-electron chi connectivity index (χ3n) is 7.46. The maximum atomic E-state index is 13.3. The highest BCUT2D eigenvalue weighted by molar-refractivity contribution is 7.89. The summed E-state index contributed by atoms with van der Waals surface area (Å²) in [5.41, 5.74) is 0.540. The molecule has 1 N–H and O–H groups in total. The minimum Gasteiger partial charge on any atom is -0.349 e. The molecule has 2 fully saturated rings. The van der Waals surface area contributed by atoms with Gasteiger partial charge in [0, 0.05) is 24.7 Å². The van der Waals surface area contributed by atoms with E-state index in [0.717, 1.165) is 48.0 Å². The summed E-state index contributed by atoms with van der Waals surface area (Å²) in [6.45, 7) is 2.88. The van der Waals surface area contributed by atoms with Crippen molar-refractivity contribution in [3.8, 4) is 11.3 Å². The van der Waals surface area contributed by atoms with E-state index in [1.807, 2.05) is 11.8 Å². The van der Waals surface area contributed by atoms with Crippen LogP contribution in [0, 0.1) is 5.82 Å². The number of amides is 1. The van der Waals surface area contributed by atoms with Gasteiger partial charge in [0.15, 0.2) is 0 Å². The van der Waals surface area contributed by atoms with Crippen LogP contribution in [0.5, 0.6) is 0 Å². The first kappa shape index (κ1) is 28.9. The molecule has 5 rings (SSSR count). The molecule has 1 amide bonds. The number of sulfonamides is 1. The summed E-state index contributed by atoms with van der Waals surface area (Å²) in [6.07, 6.45) is -1.76. The number of rotatable bonds is 7. The number of hydrogen-bond donors (Lipinski definition) is 1. The van der Waals surface area contributed by atoms with Crippen molar-refractivity contribution < 1.29 is 30.8 Å². The maximum absolute atomic E-state index is 13.3. The zero-order chi connectivity index (χ0) is 29.4. The van der Waals surface area contributed by atoms with Gasteiger partial charge in [-0.25, -0.2) is 22.8 Å². The molecule has 0 bridgehead atoms. The minimum absolute atomic E-state index is 0.0366. The molecule has 0 spiro atoms. The Morgan fingerprint density at radius 3 is 2.32 bits per heavy atom. The second-order valence-electron chi connectivity index (χ2n) is 10.2. The molecule has 0 unspecified atom stereocenters. The van der Waals surface area contributed by atoms with Gasteiger partial charge in [-0.15, -0.1) is 0 Å². The number of halogens is 4. The van der Waals surface area contributed by atoms with Crippen molar-refractivity contribution in [2.75, 3.05) is 18.0 Å². The third kappa shape index (κ3) is 6.20. The molecule has 2 aliphatic heterocycles. The number of carbonyl (C=O) groups excluding carboxylic acids is 1. The van der Waals surface area contributed by atoms with E-state index in [0.29, 0.717) is 35.7 Å². The van der Waals surface area contributed by atoms with Crippen LogP contribution in [0.2, 0.25) is 0 Å². The maximum Gasteiger partial charge on any atom is 0.416 e. The Morgan fingerprint density at radius 2 is 1.68 bits per heavy atom. The van der Waals surface area contributed by atoms with Gasteiger partial charge in [0.1, 0.15) is 11.9 Å². The Bertz CT molecular complexity index is 1520. The van der Waals surface area contributed by atoms with Gasteiger partial charge in [0.2, 0.25) is 21.9 Å². The van der Waals surface area contributed by atoms with Crippen LogP contribution < -0.4 is 10.2 Å². The zero-order valence-corrected chi connectivity index (χ0v) is 23.1. The molecule has 3 heterocycles. The Morgan fingerprint density at radius 1 is 1.00 bits per heavy atom. The van der Waals surface area contributed by atoms with Gasteiger partial charge in [-0.1, -0.05) is 12.1 Å². The number of aromatic nitrogens is 2. The monoisotopic (exact) mass is 591 g/mol. The molecule has 218 valence electrons. The van der Waals surface area contributed by atoms with Gasteiger partial charge in [0.25, 0.3) is 0 Å². The molecule has 41 heavy (non-hydrogen) atoms. The summed E-state index contributed by atoms with van der Waals surface area (Å²) >= 11 is 0. The van der Waals surface area contributed by atoms with Gasteiger partial charge >= 0.3 is 6.18 Å². The van der Waals surface area contributed by atoms with E-state index in [4.69, 9.17) is 0 Å². The second kappa shape index (κ2) is 11.4. The van der Waals surface area contributed by atoms with Gasteiger partial charge in [0.05, 0.1) is 28.4 Å². The summed E-state index contributed by atoms with van der Waals surface area (Å²) in [6, 6.07) is 9.97. The van der Waals surface area contributed by atoms with Gasteiger partial charge in [-0.05, 0) is 75.1 Å². The summed E-state index contributed by atoms with van der Waals surface area (Å²) in [4.78, 5) is 24.4. The number of nitrogens with zero attached hydrogens (tertiary/aromatic N) is 4. The quantitative estimate of drug-likeness (QED) is 0.398. The molecular weight excluding hydrogens is 562 g/mol. The van der Waals surface area contributed by atoms with E-state index in [1.54, 1.807) is 6.07 Å². The van der Waals surface area contributed by atoms with E-state index in [9.17, 15) is 30.8 Å². The first-order valence-electron chi connectivity index (χ1n) is 13.3. The highest BCUT2D eigenvalue weighted by Crippen LogP contribution is 2.32. The van der Waals surface area contributed by atoms with Crippen LogP contribution in [-0.4, -0.2) is 53.8 Å². The lowest BCUT2D eigenvalue weighted by molar-refractivity contribution is -0.137.